The fourth-order valence-electron chi connectivity index (χ4n) is 3.55. The summed E-state index contributed by atoms with van der Waals surface area (Å²) in [6, 6.07) is 22.1. The van der Waals surface area contributed by atoms with E-state index in [4.69, 9.17) is 4.74 Å². The molecule has 2 amide bonds. The molecule has 1 N–H and O–H groups in total. The van der Waals surface area contributed by atoms with E-state index in [1.54, 1.807) is 42.5 Å². The minimum atomic E-state index is -0.218. The summed E-state index contributed by atoms with van der Waals surface area (Å²) in [5, 5.41) is 2.87. The molecule has 30 heavy (non-hydrogen) atoms. The molecule has 1 aliphatic rings. The molecule has 0 saturated heterocycles. The Hall–Kier alpha value is -3.60. The minimum Gasteiger partial charge on any atom is -0.494 e. The van der Waals surface area contributed by atoms with Crippen LogP contribution in [-0.4, -0.2) is 25.0 Å². The maximum Gasteiger partial charge on any atom is 0.258 e. The third kappa shape index (κ3) is 4.20. The maximum atomic E-state index is 12.9. The number of carbonyl (C=O) groups excluding carboxylic acids is 2. The number of rotatable bonds is 6. The van der Waals surface area contributed by atoms with Crippen LogP contribution in [0.4, 0.5) is 11.4 Å². The molecule has 0 atom stereocenters. The van der Waals surface area contributed by atoms with Gasteiger partial charge in [-0.05, 0) is 66.9 Å². The second-order valence-corrected chi connectivity index (χ2v) is 7.24. The standard InChI is InChI=1S/C25H24N2O3/c1-2-16-30-22-8-5-7-20(17-22)24(28)26-21-12-10-19(11-13-21)25(29)27-15-14-18-6-3-4-9-23(18)27/h3-13,17H,2,14-16H2,1H3,(H,26,28). The summed E-state index contributed by atoms with van der Waals surface area (Å²) in [6.07, 6.45) is 1.78. The van der Waals surface area contributed by atoms with Crippen molar-refractivity contribution in [2.45, 2.75) is 19.8 Å². The number of anilines is 2. The number of amides is 2. The zero-order chi connectivity index (χ0) is 20.9. The van der Waals surface area contributed by atoms with E-state index in [1.807, 2.05) is 36.1 Å². The third-order valence-electron chi connectivity index (χ3n) is 5.09. The monoisotopic (exact) mass is 400 g/mol. The van der Waals surface area contributed by atoms with E-state index in [1.165, 1.54) is 5.56 Å². The smallest absolute Gasteiger partial charge is 0.258 e. The zero-order valence-electron chi connectivity index (χ0n) is 16.9. The van der Waals surface area contributed by atoms with Gasteiger partial charge in [0.2, 0.25) is 0 Å². The predicted octanol–water partition coefficient (Wildman–Crippen LogP) is 4.93. The van der Waals surface area contributed by atoms with Crippen LogP contribution in [0.5, 0.6) is 5.75 Å². The first kappa shape index (κ1) is 19.7. The van der Waals surface area contributed by atoms with Crippen LogP contribution in [0, 0.1) is 0 Å². The first-order valence-electron chi connectivity index (χ1n) is 10.2. The van der Waals surface area contributed by atoms with Crippen LogP contribution in [0.2, 0.25) is 0 Å². The van der Waals surface area contributed by atoms with Crippen LogP contribution in [-0.2, 0) is 6.42 Å². The molecule has 5 heteroatoms. The summed E-state index contributed by atoms with van der Waals surface area (Å²) < 4.78 is 5.59. The number of hydrogen-bond donors (Lipinski definition) is 1. The maximum absolute atomic E-state index is 12.9. The zero-order valence-corrected chi connectivity index (χ0v) is 16.9. The molecule has 3 aromatic carbocycles. The van der Waals surface area contributed by atoms with E-state index < -0.39 is 0 Å². The van der Waals surface area contributed by atoms with Gasteiger partial charge in [-0.25, -0.2) is 0 Å². The summed E-state index contributed by atoms with van der Waals surface area (Å²) in [4.78, 5) is 27.3. The average Bonchev–Trinajstić information content (AvgIpc) is 3.22. The summed E-state index contributed by atoms with van der Waals surface area (Å²) in [5.41, 5.74) is 3.93. The Morgan fingerprint density at radius 2 is 1.77 bits per heavy atom. The fourth-order valence-corrected chi connectivity index (χ4v) is 3.55. The van der Waals surface area contributed by atoms with Crippen molar-refractivity contribution in [2.24, 2.45) is 0 Å². The van der Waals surface area contributed by atoms with Crippen molar-refractivity contribution in [2.75, 3.05) is 23.4 Å². The first-order valence-corrected chi connectivity index (χ1v) is 10.2. The van der Waals surface area contributed by atoms with Gasteiger partial charge in [0.25, 0.3) is 11.8 Å². The fraction of sp³-hybridized carbons (Fsp3) is 0.200. The van der Waals surface area contributed by atoms with Crippen molar-refractivity contribution in [1.29, 1.82) is 0 Å². The van der Waals surface area contributed by atoms with Gasteiger partial charge in [0.15, 0.2) is 0 Å². The molecule has 0 bridgehead atoms. The molecule has 1 aliphatic heterocycles. The summed E-state index contributed by atoms with van der Waals surface area (Å²) in [7, 11) is 0. The average molecular weight is 400 g/mol. The molecule has 5 nitrogen and oxygen atoms in total. The third-order valence-corrected chi connectivity index (χ3v) is 5.09. The first-order chi connectivity index (χ1) is 14.7. The number of benzene rings is 3. The largest absolute Gasteiger partial charge is 0.494 e. The number of para-hydroxylation sites is 1. The molecule has 0 fully saturated rings. The van der Waals surface area contributed by atoms with E-state index in [0.29, 0.717) is 35.7 Å². The second-order valence-electron chi connectivity index (χ2n) is 7.24. The molecule has 0 spiro atoms. The quantitative estimate of drug-likeness (QED) is 0.638. The topological polar surface area (TPSA) is 58.6 Å². The van der Waals surface area contributed by atoms with E-state index in [-0.39, 0.29) is 11.8 Å². The lowest BCUT2D eigenvalue weighted by Gasteiger charge is -2.17. The van der Waals surface area contributed by atoms with Gasteiger partial charge in [-0.2, -0.15) is 0 Å². The van der Waals surface area contributed by atoms with Crippen molar-refractivity contribution < 1.29 is 14.3 Å². The van der Waals surface area contributed by atoms with Crippen LogP contribution in [0.3, 0.4) is 0 Å². The van der Waals surface area contributed by atoms with Crippen molar-refractivity contribution in [3.05, 3.63) is 89.5 Å². The SMILES string of the molecule is CCCOc1cccc(C(=O)Nc2ccc(C(=O)N3CCc4ccccc43)cc2)c1. The summed E-state index contributed by atoms with van der Waals surface area (Å²) in [6.45, 7) is 3.34. The van der Waals surface area contributed by atoms with E-state index >= 15 is 0 Å². The minimum absolute atomic E-state index is 0.0291. The van der Waals surface area contributed by atoms with Gasteiger partial charge in [-0.1, -0.05) is 31.2 Å². The summed E-state index contributed by atoms with van der Waals surface area (Å²) in [5.74, 6) is 0.430. The highest BCUT2D eigenvalue weighted by Crippen LogP contribution is 2.29. The van der Waals surface area contributed by atoms with Crippen LogP contribution >= 0.6 is 0 Å². The lowest BCUT2D eigenvalue weighted by molar-refractivity contribution is 0.0988. The Balaban J connectivity index is 1.43. The molecular weight excluding hydrogens is 376 g/mol. The molecule has 3 aromatic rings. The molecule has 1 heterocycles. The molecule has 0 saturated carbocycles. The Kier molecular flexibility index (Phi) is 5.80. The number of nitrogens with zero attached hydrogens (tertiary/aromatic N) is 1. The number of fused-ring (bicyclic) bond motifs is 1. The van der Waals surface area contributed by atoms with Crippen LogP contribution < -0.4 is 15.0 Å². The number of nitrogens with one attached hydrogen (secondary N) is 1. The van der Waals surface area contributed by atoms with Crippen LogP contribution in [0.1, 0.15) is 39.6 Å². The Labute approximate surface area is 176 Å². The van der Waals surface area contributed by atoms with E-state index in [9.17, 15) is 9.59 Å². The Morgan fingerprint density at radius 3 is 2.57 bits per heavy atom. The molecule has 0 aliphatic carbocycles. The van der Waals surface area contributed by atoms with Gasteiger partial charge in [0, 0.05) is 29.0 Å². The molecule has 0 aromatic heterocycles. The highest BCUT2D eigenvalue weighted by atomic mass is 16.5. The van der Waals surface area contributed by atoms with Crippen molar-refractivity contribution >= 4 is 23.2 Å². The van der Waals surface area contributed by atoms with Crippen LogP contribution in [0.15, 0.2) is 72.8 Å². The Morgan fingerprint density at radius 1 is 0.967 bits per heavy atom. The molecule has 152 valence electrons. The van der Waals surface area contributed by atoms with Crippen molar-refractivity contribution in [1.82, 2.24) is 0 Å². The predicted molar refractivity (Wildman–Crippen MR) is 118 cm³/mol. The van der Waals surface area contributed by atoms with Crippen molar-refractivity contribution in [3.8, 4) is 5.75 Å². The Bertz CT molecular complexity index is 1060. The van der Waals surface area contributed by atoms with E-state index in [2.05, 4.69) is 11.4 Å². The van der Waals surface area contributed by atoms with Gasteiger partial charge >= 0.3 is 0 Å². The number of carbonyl (C=O) groups is 2. The van der Waals surface area contributed by atoms with E-state index in [0.717, 1.165) is 18.5 Å². The van der Waals surface area contributed by atoms with Gasteiger partial charge in [0.05, 0.1) is 6.61 Å². The normalized spacial score (nSPS) is 12.4. The molecule has 4 rings (SSSR count). The van der Waals surface area contributed by atoms with Gasteiger partial charge in [-0.15, -0.1) is 0 Å². The second kappa shape index (κ2) is 8.82. The lowest BCUT2D eigenvalue weighted by atomic mass is 10.1. The molecular formula is C25H24N2O3. The number of ether oxygens (including phenoxy) is 1. The van der Waals surface area contributed by atoms with Crippen molar-refractivity contribution in [3.63, 3.8) is 0 Å². The molecule has 0 unspecified atom stereocenters. The lowest BCUT2D eigenvalue weighted by Crippen LogP contribution is -2.28. The van der Waals surface area contributed by atoms with Gasteiger partial charge in [-0.3, -0.25) is 9.59 Å². The van der Waals surface area contributed by atoms with Crippen LogP contribution in [0.25, 0.3) is 0 Å². The molecule has 0 radical (unpaired) electrons. The number of hydrogen-bond acceptors (Lipinski definition) is 3. The highest BCUT2D eigenvalue weighted by molar-refractivity contribution is 6.08. The van der Waals surface area contributed by atoms with Gasteiger partial charge in [0.1, 0.15) is 5.75 Å². The summed E-state index contributed by atoms with van der Waals surface area (Å²) >= 11 is 0. The van der Waals surface area contributed by atoms with Gasteiger partial charge < -0.3 is 15.0 Å². The highest BCUT2D eigenvalue weighted by Gasteiger charge is 2.25.